The summed E-state index contributed by atoms with van der Waals surface area (Å²) in [5.74, 6) is 1.27. The van der Waals surface area contributed by atoms with Gasteiger partial charge < -0.3 is 19.4 Å². The first-order valence-corrected chi connectivity index (χ1v) is 9.20. The van der Waals surface area contributed by atoms with Crippen LogP contribution in [0.5, 0.6) is 0 Å². The molecule has 1 aromatic heterocycles. The molecule has 136 valence electrons. The Kier molecular flexibility index (Phi) is 4.10. The molecular formula is C19H26N2O4. The van der Waals surface area contributed by atoms with Gasteiger partial charge in [0.25, 0.3) is 5.91 Å². The number of hydrogen-bond donors (Lipinski definition) is 1. The van der Waals surface area contributed by atoms with Gasteiger partial charge in [-0.05, 0) is 37.2 Å². The van der Waals surface area contributed by atoms with E-state index in [0.717, 1.165) is 18.4 Å². The highest BCUT2D eigenvalue weighted by molar-refractivity contribution is 5.93. The van der Waals surface area contributed by atoms with Gasteiger partial charge in [-0.3, -0.25) is 9.59 Å². The Morgan fingerprint density at radius 3 is 2.96 bits per heavy atom. The van der Waals surface area contributed by atoms with Crippen LogP contribution < -0.4 is 5.32 Å². The number of ether oxygens (including phenoxy) is 1. The number of nitrogens with one attached hydrogen (secondary N) is 1. The van der Waals surface area contributed by atoms with Gasteiger partial charge in [-0.1, -0.05) is 13.3 Å². The largest absolute Gasteiger partial charge is 0.459 e. The van der Waals surface area contributed by atoms with Gasteiger partial charge in [0.15, 0.2) is 5.76 Å². The average molecular weight is 346 g/mol. The predicted octanol–water partition coefficient (Wildman–Crippen LogP) is 2.19. The standard InChI is InChI=1S/C19H26N2O4/c1-12-9-21(17(22)16-13(11-24-2)5-7-25-16)10-15(12)20-18(23)19-6-3-4-14(19)8-19/h5,7,12,14-15H,3-4,6,8-11H2,1-2H3,(H,20,23)/t12-,14-,15+,19-/m1/s1. The van der Waals surface area contributed by atoms with Gasteiger partial charge in [0, 0.05) is 25.8 Å². The summed E-state index contributed by atoms with van der Waals surface area (Å²) in [5.41, 5.74) is 0.683. The fraction of sp³-hybridized carbons (Fsp3) is 0.684. The molecule has 3 fully saturated rings. The van der Waals surface area contributed by atoms with E-state index in [-0.39, 0.29) is 29.2 Å². The molecule has 1 aliphatic heterocycles. The van der Waals surface area contributed by atoms with Crippen LogP contribution in [0, 0.1) is 17.3 Å². The maximum absolute atomic E-state index is 12.8. The van der Waals surface area contributed by atoms with Crippen molar-refractivity contribution in [2.45, 2.75) is 45.3 Å². The molecule has 2 heterocycles. The van der Waals surface area contributed by atoms with Crippen LogP contribution in [-0.2, 0) is 16.1 Å². The van der Waals surface area contributed by atoms with Crippen molar-refractivity contribution in [3.63, 3.8) is 0 Å². The number of carbonyl (C=O) groups is 2. The lowest BCUT2D eigenvalue weighted by Crippen LogP contribution is -2.44. The number of fused-ring (bicyclic) bond motifs is 1. The van der Waals surface area contributed by atoms with Crippen molar-refractivity contribution in [1.29, 1.82) is 0 Å². The Bertz CT molecular complexity index is 685. The summed E-state index contributed by atoms with van der Waals surface area (Å²) in [6.07, 6.45) is 5.96. The number of rotatable bonds is 5. The minimum absolute atomic E-state index is 0.0218. The molecule has 6 nitrogen and oxygen atoms in total. The molecule has 3 aliphatic rings. The van der Waals surface area contributed by atoms with Crippen molar-refractivity contribution in [3.8, 4) is 0 Å². The van der Waals surface area contributed by atoms with E-state index in [4.69, 9.17) is 9.15 Å². The van der Waals surface area contributed by atoms with Crippen LogP contribution in [0.25, 0.3) is 0 Å². The van der Waals surface area contributed by atoms with Crippen molar-refractivity contribution in [3.05, 3.63) is 23.7 Å². The maximum Gasteiger partial charge on any atom is 0.290 e. The molecule has 1 N–H and O–H groups in total. The van der Waals surface area contributed by atoms with Gasteiger partial charge in [0.05, 0.1) is 24.3 Å². The summed E-state index contributed by atoms with van der Waals surface area (Å²) in [6, 6.07) is 1.79. The lowest BCUT2D eigenvalue weighted by molar-refractivity contribution is -0.127. The third kappa shape index (κ3) is 2.76. The van der Waals surface area contributed by atoms with Gasteiger partial charge in [0.1, 0.15) is 0 Å². The number of likely N-dealkylation sites (tertiary alicyclic amines) is 1. The van der Waals surface area contributed by atoms with E-state index in [1.807, 2.05) is 0 Å². The van der Waals surface area contributed by atoms with Crippen LogP contribution in [0.2, 0.25) is 0 Å². The zero-order valence-electron chi connectivity index (χ0n) is 14.9. The topological polar surface area (TPSA) is 71.8 Å². The molecule has 2 saturated carbocycles. The summed E-state index contributed by atoms with van der Waals surface area (Å²) < 4.78 is 10.5. The zero-order chi connectivity index (χ0) is 17.6. The number of hydrogen-bond acceptors (Lipinski definition) is 4. The third-order valence-corrected chi connectivity index (χ3v) is 6.32. The van der Waals surface area contributed by atoms with E-state index in [2.05, 4.69) is 12.2 Å². The third-order valence-electron chi connectivity index (χ3n) is 6.32. The second-order valence-corrected chi connectivity index (χ2v) is 7.92. The molecule has 0 unspecified atom stereocenters. The van der Waals surface area contributed by atoms with E-state index in [1.54, 1.807) is 18.1 Å². The van der Waals surface area contributed by atoms with Gasteiger partial charge >= 0.3 is 0 Å². The highest BCUT2D eigenvalue weighted by Crippen LogP contribution is 2.63. The Hall–Kier alpha value is -1.82. The van der Waals surface area contributed by atoms with Crippen LogP contribution in [0.3, 0.4) is 0 Å². The second-order valence-electron chi connectivity index (χ2n) is 7.92. The quantitative estimate of drug-likeness (QED) is 0.887. The minimum atomic E-state index is -0.121. The highest BCUT2D eigenvalue weighted by Gasteiger charge is 2.62. The fourth-order valence-corrected chi connectivity index (χ4v) is 4.69. The number of methoxy groups -OCH3 is 1. The molecule has 0 radical (unpaired) electrons. The van der Waals surface area contributed by atoms with Crippen molar-refractivity contribution >= 4 is 11.8 Å². The molecule has 0 aromatic carbocycles. The monoisotopic (exact) mass is 346 g/mol. The summed E-state index contributed by atoms with van der Waals surface area (Å²) in [6.45, 7) is 3.62. The van der Waals surface area contributed by atoms with Crippen LogP contribution in [0.4, 0.5) is 0 Å². The number of furan rings is 1. The molecular weight excluding hydrogens is 320 g/mol. The van der Waals surface area contributed by atoms with Gasteiger partial charge in [-0.15, -0.1) is 0 Å². The Labute approximate surface area is 147 Å². The average Bonchev–Trinajstić information content (AvgIpc) is 2.97. The van der Waals surface area contributed by atoms with E-state index in [0.29, 0.717) is 31.4 Å². The molecule has 2 aliphatic carbocycles. The first-order chi connectivity index (χ1) is 12.0. The highest BCUT2D eigenvalue weighted by atomic mass is 16.5. The predicted molar refractivity (Wildman–Crippen MR) is 90.8 cm³/mol. The summed E-state index contributed by atoms with van der Waals surface area (Å²) in [4.78, 5) is 27.3. The van der Waals surface area contributed by atoms with Crippen LogP contribution in [-0.4, -0.2) is 43.0 Å². The lowest BCUT2D eigenvalue weighted by atomic mass is 10.0. The molecule has 6 heteroatoms. The molecule has 4 rings (SSSR count). The Balaban J connectivity index is 1.40. The van der Waals surface area contributed by atoms with Crippen molar-refractivity contribution in [2.24, 2.45) is 17.3 Å². The van der Waals surface area contributed by atoms with E-state index >= 15 is 0 Å². The summed E-state index contributed by atoms with van der Waals surface area (Å²) in [7, 11) is 1.60. The van der Waals surface area contributed by atoms with Crippen LogP contribution >= 0.6 is 0 Å². The second kappa shape index (κ2) is 6.16. The molecule has 0 bridgehead atoms. The van der Waals surface area contributed by atoms with E-state index in [9.17, 15) is 9.59 Å². The van der Waals surface area contributed by atoms with Crippen molar-refractivity contribution in [1.82, 2.24) is 10.2 Å². The minimum Gasteiger partial charge on any atom is -0.459 e. The normalized spacial score (nSPS) is 33.4. The van der Waals surface area contributed by atoms with Gasteiger partial charge in [-0.25, -0.2) is 0 Å². The summed E-state index contributed by atoms with van der Waals surface area (Å²) in [5, 5.41) is 3.23. The van der Waals surface area contributed by atoms with Crippen molar-refractivity contribution < 1.29 is 18.7 Å². The van der Waals surface area contributed by atoms with E-state index < -0.39 is 0 Å². The summed E-state index contributed by atoms with van der Waals surface area (Å²) >= 11 is 0. The Morgan fingerprint density at radius 1 is 1.44 bits per heavy atom. The first kappa shape index (κ1) is 16.6. The maximum atomic E-state index is 12.8. The van der Waals surface area contributed by atoms with Gasteiger partial charge in [-0.2, -0.15) is 0 Å². The number of nitrogens with zero attached hydrogens (tertiary/aromatic N) is 1. The van der Waals surface area contributed by atoms with Crippen molar-refractivity contribution in [2.75, 3.05) is 20.2 Å². The van der Waals surface area contributed by atoms with Crippen LogP contribution in [0.15, 0.2) is 16.7 Å². The van der Waals surface area contributed by atoms with Crippen LogP contribution in [0.1, 0.15) is 48.7 Å². The number of amides is 2. The molecule has 1 saturated heterocycles. The molecule has 4 atom stereocenters. The fourth-order valence-electron chi connectivity index (χ4n) is 4.69. The molecule has 0 spiro atoms. The molecule has 25 heavy (non-hydrogen) atoms. The molecule has 2 amide bonds. The smallest absolute Gasteiger partial charge is 0.290 e. The Morgan fingerprint density at radius 2 is 2.28 bits per heavy atom. The van der Waals surface area contributed by atoms with Gasteiger partial charge in [0.2, 0.25) is 5.91 Å². The SMILES string of the molecule is COCc1ccoc1C(=O)N1C[C@@H](C)[C@@H](NC(=O)[C@@]23CCC[C@@H]2C3)C1. The first-order valence-electron chi connectivity index (χ1n) is 9.20. The lowest BCUT2D eigenvalue weighted by Gasteiger charge is -2.20. The molecule has 1 aromatic rings. The number of carbonyl (C=O) groups excluding carboxylic acids is 2. The zero-order valence-corrected chi connectivity index (χ0v) is 14.9. The van der Waals surface area contributed by atoms with E-state index in [1.165, 1.54) is 19.1 Å².